The molecule has 0 rings (SSSR count). The highest BCUT2D eigenvalue weighted by atomic mass is 31.2. The van der Waals surface area contributed by atoms with Crippen molar-refractivity contribution in [3.8, 4) is 0 Å². The molecule has 132 valence electrons. The van der Waals surface area contributed by atoms with E-state index in [1.807, 2.05) is 6.92 Å². The Morgan fingerprint density at radius 1 is 1.32 bits per heavy atom. The van der Waals surface area contributed by atoms with Crippen LogP contribution in [0.4, 0.5) is 0 Å². The summed E-state index contributed by atoms with van der Waals surface area (Å²) in [6.07, 6.45) is 1.42. The van der Waals surface area contributed by atoms with Crippen LogP contribution in [-0.2, 0) is 23.4 Å². The Morgan fingerprint density at radius 3 is 2.18 bits per heavy atom. The maximum absolute atomic E-state index is 11.0. The lowest BCUT2D eigenvalue weighted by Crippen LogP contribution is -2.36. The number of phosphoric acid groups is 1. The molecule has 22 heavy (non-hydrogen) atoms. The molecule has 1 atom stereocenters. The van der Waals surface area contributed by atoms with Gasteiger partial charge in [-0.1, -0.05) is 24.6 Å². The average molecular weight is 342 g/mol. The van der Waals surface area contributed by atoms with Gasteiger partial charge in [-0.2, -0.15) is 0 Å². The summed E-state index contributed by atoms with van der Waals surface area (Å²) in [5.74, 6) is -0.914. The van der Waals surface area contributed by atoms with Gasteiger partial charge in [-0.25, -0.2) is 9.36 Å². The molecular weight excluding hydrogens is 313 g/mol. The van der Waals surface area contributed by atoms with Crippen molar-refractivity contribution in [1.29, 1.82) is 0 Å². The van der Waals surface area contributed by atoms with Crippen molar-refractivity contribution in [2.45, 2.75) is 26.7 Å². The summed E-state index contributed by atoms with van der Waals surface area (Å²) >= 11 is 0. The largest absolute Gasteiger partial charge is 0.508 e. The molecular formula is C13H29NO7P+. The zero-order valence-electron chi connectivity index (χ0n) is 14.1. The highest BCUT2D eigenvalue weighted by Gasteiger charge is 2.24. The zero-order valence-corrected chi connectivity index (χ0v) is 15.0. The number of hydrogen-bond acceptors (Lipinski definition) is 6. The van der Waals surface area contributed by atoms with E-state index in [1.54, 1.807) is 0 Å². The number of phosphoric ester groups is 1. The van der Waals surface area contributed by atoms with Gasteiger partial charge in [-0.15, -0.1) is 0 Å². The number of nitrogens with zero attached hydrogens (tertiary/aromatic N) is 1. The Hall–Kier alpha value is -0.760. The van der Waals surface area contributed by atoms with Crippen LogP contribution in [0.3, 0.4) is 0 Å². The molecule has 8 nitrogen and oxygen atoms in total. The van der Waals surface area contributed by atoms with Crippen molar-refractivity contribution in [2.75, 3.05) is 40.9 Å². The van der Waals surface area contributed by atoms with Gasteiger partial charge in [-0.3, -0.25) is 9.41 Å². The highest BCUT2D eigenvalue weighted by Crippen LogP contribution is 2.43. The smallest absolute Gasteiger partial charge is 0.391 e. The molecule has 1 unspecified atom stereocenters. The van der Waals surface area contributed by atoms with Gasteiger partial charge in [0.2, 0.25) is 0 Å². The van der Waals surface area contributed by atoms with Crippen LogP contribution >= 0.6 is 7.82 Å². The minimum Gasteiger partial charge on any atom is -0.391 e. The lowest BCUT2D eigenvalue weighted by molar-refractivity contribution is -0.870. The summed E-state index contributed by atoms with van der Waals surface area (Å²) in [6, 6.07) is 0. The Kier molecular flexibility index (Phi) is 12.6. The molecule has 0 aliphatic heterocycles. The molecule has 0 saturated heterocycles. The first-order chi connectivity index (χ1) is 9.95. The number of aliphatic hydroxyl groups is 1. The van der Waals surface area contributed by atoms with Gasteiger partial charge in [-0.05, 0) is 13.3 Å². The van der Waals surface area contributed by atoms with E-state index in [9.17, 15) is 9.36 Å². The van der Waals surface area contributed by atoms with Crippen molar-refractivity contribution in [3.63, 3.8) is 0 Å². The Balaban J connectivity index is 0. The van der Waals surface area contributed by atoms with Gasteiger partial charge >= 0.3 is 13.8 Å². The van der Waals surface area contributed by atoms with Crippen molar-refractivity contribution in [1.82, 2.24) is 0 Å². The standard InChI is InChI=1S/C8H15O6P.C5H14NO/c1-4-5-6-12-15(10,11)14-13-8(9)7(2)3;1-6(2,3)4-5-7/h2,4-6H2,1,3H3,(H,10,11);7H,4-5H2,1-3H3/q;+1. The van der Waals surface area contributed by atoms with Gasteiger partial charge in [0.05, 0.1) is 34.4 Å². The fraction of sp³-hybridized carbons (Fsp3) is 0.769. The number of quaternary nitrogens is 1. The summed E-state index contributed by atoms with van der Waals surface area (Å²) < 4.78 is 20.3. The maximum atomic E-state index is 11.0. The lowest BCUT2D eigenvalue weighted by Gasteiger charge is -2.21. The van der Waals surface area contributed by atoms with Crippen molar-refractivity contribution in [2.24, 2.45) is 0 Å². The third-order valence-electron chi connectivity index (χ3n) is 2.08. The lowest BCUT2D eigenvalue weighted by atomic mass is 10.4. The van der Waals surface area contributed by atoms with Crippen molar-refractivity contribution in [3.05, 3.63) is 12.2 Å². The number of hydrogen-bond donors (Lipinski definition) is 2. The Bertz CT molecular complexity index is 379. The molecule has 0 aromatic heterocycles. The van der Waals surface area contributed by atoms with Crippen LogP contribution in [0.15, 0.2) is 12.2 Å². The van der Waals surface area contributed by atoms with Crippen LogP contribution in [0.1, 0.15) is 26.7 Å². The predicted molar refractivity (Wildman–Crippen MR) is 82.7 cm³/mol. The van der Waals surface area contributed by atoms with E-state index < -0.39 is 13.8 Å². The molecule has 0 bridgehead atoms. The summed E-state index contributed by atoms with van der Waals surface area (Å²) in [6.45, 7) is 7.72. The summed E-state index contributed by atoms with van der Waals surface area (Å²) in [4.78, 5) is 23.8. The van der Waals surface area contributed by atoms with E-state index in [4.69, 9.17) is 10.00 Å². The van der Waals surface area contributed by atoms with Crippen LogP contribution in [0, 0.1) is 0 Å². The van der Waals surface area contributed by atoms with Gasteiger partial charge in [0, 0.05) is 5.57 Å². The molecule has 0 spiro atoms. The third kappa shape index (κ3) is 17.3. The molecule has 0 aliphatic carbocycles. The van der Waals surface area contributed by atoms with Crippen LogP contribution in [0.5, 0.6) is 0 Å². The minimum absolute atomic E-state index is 0.0589. The first kappa shape index (κ1) is 23.5. The number of carbonyl (C=O) groups is 1. The summed E-state index contributed by atoms with van der Waals surface area (Å²) in [5.41, 5.74) is 0.0589. The maximum Gasteiger partial charge on any atom is 0.508 e. The van der Waals surface area contributed by atoms with E-state index in [1.165, 1.54) is 6.92 Å². The number of carbonyl (C=O) groups excluding carboxylic acids is 1. The SMILES string of the molecule is C=C(C)C(=O)OOP(=O)(O)OCCCC.C[N+](C)(C)CCO. The molecule has 0 saturated carbocycles. The van der Waals surface area contributed by atoms with Crippen LogP contribution < -0.4 is 0 Å². The molecule has 0 aromatic carbocycles. The molecule has 2 N–H and O–H groups in total. The topological polar surface area (TPSA) is 102 Å². The van der Waals surface area contributed by atoms with E-state index in [2.05, 4.69) is 41.8 Å². The zero-order chi connectivity index (χ0) is 17.8. The first-order valence-corrected chi connectivity index (χ1v) is 8.39. The van der Waals surface area contributed by atoms with Gasteiger partial charge in [0.15, 0.2) is 0 Å². The normalized spacial score (nSPS) is 13.6. The van der Waals surface area contributed by atoms with Crippen LogP contribution in [0.2, 0.25) is 0 Å². The van der Waals surface area contributed by atoms with Crippen LogP contribution in [-0.4, -0.2) is 61.4 Å². The van der Waals surface area contributed by atoms with Crippen molar-refractivity contribution < 1.29 is 37.9 Å². The second-order valence-electron chi connectivity index (χ2n) is 5.62. The van der Waals surface area contributed by atoms with E-state index in [0.29, 0.717) is 6.42 Å². The fourth-order valence-corrected chi connectivity index (χ4v) is 1.36. The monoisotopic (exact) mass is 342 g/mol. The first-order valence-electron chi connectivity index (χ1n) is 6.90. The van der Waals surface area contributed by atoms with Gasteiger partial charge in [0.1, 0.15) is 6.54 Å². The van der Waals surface area contributed by atoms with Gasteiger partial charge in [0.25, 0.3) is 0 Å². The number of rotatable bonds is 9. The Morgan fingerprint density at radius 2 is 1.86 bits per heavy atom. The number of aliphatic hydroxyl groups excluding tert-OH is 1. The second-order valence-corrected chi connectivity index (χ2v) is 6.96. The van der Waals surface area contributed by atoms with Gasteiger partial charge < -0.3 is 14.5 Å². The molecule has 9 heteroatoms. The summed E-state index contributed by atoms with van der Waals surface area (Å²) in [5, 5.41) is 8.39. The molecule has 0 amide bonds. The molecule has 0 heterocycles. The molecule has 0 aromatic rings. The predicted octanol–water partition coefficient (Wildman–Crippen LogP) is 1.64. The average Bonchev–Trinajstić information content (AvgIpc) is 2.35. The molecule has 0 aliphatic rings. The fourth-order valence-electron chi connectivity index (χ4n) is 0.798. The second kappa shape index (κ2) is 11.8. The molecule has 0 radical (unpaired) electrons. The van der Waals surface area contributed by atoms with Crippen molar-refractivity contribution >= 4 is 13.8 Å². The third-order valence-corrected chi connectivity index (χ3v) is 2.85. The quantitative estimate of drug-likeness (QED) is 0.164. The van der Waals surface area contributed by atoms with E-state index in [0.717, 1.165) is 17.4 Å². The Labute approximate surface area is 132 Å². The molecule has 0 fully saturated rings. The van der Waals surface area contributed by atoms with E-state index >= 15 is 0 Å². The highest BCUT2D eigenvalue weighted by molar-refractivity contribution is 7.47. The number of likely N-dealkylation sites (N-methyl/N-ethyl adjacent to an activating group) is 1. The van der Waals surface area contributed by atoms with Crippen LogP contribution in [0.25, 0.3) is 0 Å². The number of unbranched alkanes of at least 4 members (excludes halogenated alkanes) is 1. The minimum atomic E-state index is -4.30. The summed E-state index contributed by atoms with van der Waals surface area (Å²) in [7, 11) is 1.86. The van der Waals surface area contributed by atoms with E-state index in [-0.39, 0.29) is 18.8 Å².